The molecule has 1 amide bonds. The first-order chi connectivity index (χ1) is 17.1. The molecule has 0 aliphatic rings. The van der Waals surface area contributed by atoms with Gasteiger partial charge in [0.15, 0.2) is 0 Å². The standard InChI is InChI=1S/C26H29N3O6S/c1-19-9-16-24(17-25(19)29(31)32)36(33,34)28(22-12-14-23(35-3)15-13-22)18-26(30)27-20(2)10-11-21-7-5-4-6-8-21/h4-9,12-17,20H,10-11,18H2,1-3H3,(H,27,30)/t20-/m0/s1. The van der Waals surface area contributed by atoms with Gasteiger partial charge in [0.05, 0.1) is 22.6 Å². The second-order valence-electron chi connectivity index (χ2n) is 8.41. The number of ether oxygens (including phenoxy) is 1. The van der Waals surface area contributed by atoms with E-state index < -0.39 is 27.4 Å². The van der Waals surface area contributed by atoms with E-state index in [4.69, 9.17) is 4.74 Å². The molecule has 1 atom stereocenters. The van der Waals surface area contributed by atoms with E-state index in [1.807, 2.05) is 37.3 Å². The average Bonchev–Trinajstić information content (AvgIpc) is 2.86. The Morgan fingerprint density at radius 2 is 1.75 bits per heavy atom. The summed E-state index contributed by atoms with van der Waals surface area (Å²) in [7, 11) is -2.82. The number of benzene rings is 3. The van der Waals surface area contributed by atoms with Crippen LogP contribution < -0.4 is 14.4 Å². The minimum Gasteiger partial charge on any atom is -0.497 e. The van der Waals surface area contributed by atoms with Crippen molar-refractivity contribution in [3.8, 4) is 5.75 Å². The number of hydrogen-bond donors (Lipinski definition) is 1. The van der Waals surface area contributed by atoms with E-state index in [9.17, 15) is 23.3 Å². The van der Waals surface area contributed by atoms with Crippen molar-refractivity contribution in [1.29, 1.82) is 0 Å². The third kappa shape index (κ3) is 6.60. The molecule has 1 N–H and O–H groups in total. The normalized spacial score (nSPS) is 12.0. The molecule has 0 aromatic heterocycles. The number of amides is 1. The monoisotopic (exact) mass is 511 g/mol. The third-order valence-corrected chi connectivity index (χ3v) is 7.50. The van der Waals surface area contributed by atoms with E-state index >= 15 is 0 Å². The van der Waals surface area contributed by atoms with E-state index in [1.54, 1.807) is 12.1 Å². The minimum absolute atomic E-state index is 0.196. The highest BCUT2D eigenvalue weighted by molar-refractivity contribution is 7.92. The molecule has 0 radical (unpaired) electrons. The van der Waals surface area contributed by atoms with Crippen LogP contribution in [0, 0.1) is 17.0 Å². The van der Waals surface area contributed by atoms with Crippen molar-refractivity contribution in [2.24, 2.45) is 0 Å². The van der Waals surface area contributed by atoms with E-state index in [2.05, 4.69) is 5.32 Å². The lowest BCUT2D eigenvalue weighted by Gasteiger charge is -2.25. The van der Waals surface area contributed by atoms with Crippen LogP contribution in [0.4, 0.5) is 11.4 Å². The summed E-state index contributed by atoms with van der Waals surface area (Å²) in [6, 6.07) is 19.5. The Morgan fingerprint density at radius 3 is 2.36 bits per heavy atom. The molecule has 0 bridgehead atoms. The van der Waals surface area contributed by atoms with Crippen molar-refractivity contribution in [3.63, 3.8) is 0 Å². The van der Waals surface area contributed by atoms with E-state index in [0.717, 1.165) is 22.4 Å². The van der Waals surface area contributed by atoms with Gasteiger partial charge in [-0.1, -0.05) is 36.4 Å². The topological polar surface area (TPSA) is 119 Å². The smallest absolute Gasteiger partial charge is 0.273 e. The number of rotatable bonds is 11. The van der Waals surface area contributed by atoms with Gasteiger partial charge in [0.1, 0.15) is 12.3 Å². The largest absolute Gasteiger partial charge is 0.497 e. The van der Waals surface area contributed by atoms with Gasteiger partial charge in [-0.3, -0.25) is 19.2 Å². The third-order valence-electron chi connectivity index (χ3n) is 5.73. The molecule has 3 aromatic rings. The maximum absolute atomic E-state index is 13.6. The van der Waals surface area contributed by atoms with Crippen LogP contribution in [0.3, 0.4) is 0 Å². The summed E-state index contributed by atoms with van der Waals surface area (Å²) < 4.78 is 33.3. The van der Waals surface area contributed by atoms with E-state index in [-0.39, 0.29) is 22.3 Å². The lowest BCUT2D eigenvalue weighted by molar-refractivity contribution is -0.385. The molecule has 0 saturated carbocycles. The molecular weight excluding hydrogens is 482 g/mol. The van der Waals surface area contributed by atoms with Crippen molar-refractivity contribution >= 4 is 27.3 Å². The molecule has 0 heterocycles. The molecule has 3 aromatic carbocycles. The number of carbonyl (C=O) groups excluding carboxylic acids is 1. The zero-order chi connectivity index (χ0) is 26.3. The number of nitrogens with zero attached hydrogens (tertiary/aromatic N) is 2. The van der Waals surface area contributed by atoms with E-state index in [0.29, 0.717) is 17.7 Å². The SMILES string of the molecule is COc1ccc(N(CC(=O)N[C@@H](C)CCc2ccccc2)S(=O)(=O)c2ccc(C)c([N+](=O)[O-])c2)cc1. The predicted molar refractivity (Wildman–Crippen MR) is 138 cm³/mol. The van der Waals surface area contributed by atoms with Crippen LogP contribution >= 0.6 is 0 Å². The van der Waals surface area contributed by atoms with Gasteiger partial charge in [0.2, 0.25) is 5.91 Å². The summed E-state index contributed by atoms with van der Waals surface area (Å²) in [5, 5.41) is 14.3. The van der Waals surface area contributed by atoms with Gasteiger partial charge in [-0.2, -0.15) is 0 Å². The Kier molecular flexibility index (Phi) is 8.65. The summed E-state index contributed by atoms with van der Waals surface area (Å²) in [4.78, 5) is 23.4. The van der Waals surface area contributed by atoms with Gasteiger partial charge in [-0.05, 0) is 62.6 Å². The first-order valence-electron chi connectivity index (χ1n) is 11.4. The summed E-state index contributed by atoms with van der Waals surface area (Å²) in [5.41, 5.74) is 1.39. The van der Waals surface area contributed by atoms with Gasteiger partial charge in [-0.25, -0.2) is 8.42 Å². The molecular formula is C26H29N3O6S. The molecule has 10 heteroatoms. The number of nitro benzene ring substituents is 1. The van der Waals surface area contributed by atoms with Gasteiger partial charge >= 0.3 is 0 Å². The second kappa shape index (κ2) is 11.7. The molecule has 0 aliphatic carbocycles. The van der Waals surface area contributed by atoms with Gasteiger partial charge in [-0.15, -0.1) is 0 Å². The first-order valence-corrected chi connectivity index (χ1v) is 12.8. The Balaban J connectivity index is 1.85. The molecule has 0 spiro atoms. The maximum atomic E-state index is 13.6. The Bertz CT molecular complexity index is 1310. The number of anilines is 1. The van der Waals surface area contributed by atoms with Crippen molar-refractivity contribution in [1.82, 2.24) is 5.32 Å². The summed E-state index contributed by atoms with van der Waals surface area (Å²) in [6.07, 6.45) is 1.44. The van der Waals surface area contributed by atoms with Crippen LogP contribution in [0.25, 0.3) is 0 Å². The maximum Gasteiger partial charge on any atom is 0.273 e. The van der Waals surface area contributed by atoms with Crippen molar-refractivity contribution in [2.45, 2.75) is 37.6 Å². The number of hydrogen-bond acceptors (Lipinski definition) is 6. The van der Waals surface area contributed by atoms with Crippen LogP contribution in [0.1, 0.15) is 24.5 Å². The molecule has 0 saturated heterocycles. The van der Waals surface area contributed by atoms with Crippen LogP contribution in [0.15, 0.2) is 77.7 Å². The number of carbonyl (C=O) groups is 1. The highest BCUT2D eigenvalue weighted by Crippen LogP contribution is 2.29. The summed E-state index contributed by atoms with van der Waals surface area (Å²) in [6.45, 7) is 2.89. The lowest BCUT2D eigenvalue weighted by atomic mass is 10.1. The van der Waals surface area contributed by atoms with Crippen LogP contribution in [-0.2, 0) is 21.2 Å². The van der Waals surface area contributed by atoms with Gasteiger partial charge in [0.25, 0.3) is 15.7 Å². The molecule has 3 rings (SSSR count). The van der Waals surface area contributed by atoms with Crippen LogP contribution in [0.5, 0.6) is 5.75 Å². The summed E-state index contributed by atoms with van der Waals surface area (Å²) in [5.74, 6) is 0.0256. The fourth-order valence-corrected chi connectivity index (χ4v) is 5.13. The first kappa shape index (κ1) is 26.7. The Labute approximate surface area is 210 Å². The zero-order valence-corrected chi connectivity index (χ0v) is 21.2. The second-order valence-corrected chi connectivity index (χ2v) is 10.3. The predicted octanol–water partition coefficient (Wildman–Crippen LogP) is 4.24. The fraction of sp³-hybridized carbons (Fsp3) is 0.269. The summed E-state index contributed by atoms with van der Waals surface area (Å²) >= 11 is 0. The Hall–Kier alpha value is -3.92. The number of sulfonamides is 1. The molecule has 0 aliphatic heterocycles. The van der Waals surface area contributed by atoms with Crippen molar-refractivity contribution in [3.05, 3.63) is 94.0 Å². The number of nitrogens with one attached hydrogen (secondary N) is 1. The fourth-order valence-electron chi connectivity index (χ4n) is 3.69. The zero-order valence-electron chi connectivity index (χ0n) is 20.4. The van der Waals surface area contributed by atoms with E-state index in [1.165, 1.54) is 38.3 Å². The highest BCUT2D eigenvalue weighted by atomic mass is 32.2. The number of nitro groups is 1. The quantitative estimate of drug-likeness (QED) is 0.304. The average molecular weight is 512 g/mol. The molecule has 0 fully saturated rings. The van der Waals surface area contributed by atoms with Crippen molar-refractivity contribution in [2.75, 3.05) is 18.0 Å². The van der Waals surface area contributed by atoms with Crippen LogP contribution in [0.2, 0.25) is 0 Å². The number of aryl methyl sites for hydroxylation is 2. The number of methoxy groups -OCH3 is 1. The molecule has 0 unspecified atom stereocenters. The Morgan fingerprint density at radius 1 is 1.08 bits per heavy atom. The minimum atomic E-state index is -4.31. The molecule has 9 nitrogen and oxygen atoms in total. The van der Waals surface area contributed by atoms with Gasteiger partial charge < -0.3 is 10.1 Å². The van der Waals surface area contributed by atoms with Gasteiger partial charge in [0, 0.05) is 17.7 Å². The highest BCUT2D eigenvalue weighted by Gasteiger charge is 2.29. The lowest BCUT2D eigenvalue weighted by Crippen LogP contribution is -2.43. The van der Waals surface area contributed by atoms with Crippen molar-refractivity contribution < 1.29 is 22.9 Å². The molecule has 190 valence electrons. The molecule has 36 heavy (non-hydrogen) atoms. The van der Waals surface area contributed by atoms with Crippen LogP contribution in [-0.4, -0.2) is 38.9 Å².